The van der Waals surface area contributed by atoms with Crippen LogP contribution in [0.3, 0.4) is 0 Å². The number of aliphatic hydroxyl groups excluding tert-OH is 1. The summed E-state index contributed by atoms with van der Waals surface area (Å²) in [5.41, 5.74) is 4.90. The SMILES string of the molecule is N[C@@H](CO)c1c(F)ccc(Cl)c1F. The van der Waals surface area contributed by atoms with Gasteiger partial charge in [0, 0.05) is 5.56 Å². The quantitative estimate of drug-likeness (QED) is 0.724. The van der Waals surface area contributed by atoms with Gasteiger partial charge in [-0.05, 0) is 12.1 Å². The molecular weight excluding hydrogens is 200 g/mol. The second-order valence-electron chi connectivity index (χ2n) is 2.55. The van der Waals surface area contributed by atoms with E-state index in [2.05, 4.69) is 0 Å². The predicted octanol–water partition coefficient (Wildman–Crippen LogP) is 1.61. The minimum Gasteiger partial charge on any atom is -0.394 e. The van der Waals surface area contributed by atoms with Crippen molar-refractivity contribution in [2.75, 3.05) is 6.61 Å². The summed E-state index contributed by atoms with van der Waals surface area (Å²) >= 11 is 5.41. The van der Waals surface area contributed by atoms with Gasteiger partial charge in [-0.1, -0.05) is 11.6 Å². The molecule has 1 aromatic rings. The molecule has 72 valence electrons. The van der Waals surface area contributed by atoms with Crippen LogP contribution in [-0.4, -0.2) is 11.7 Å². The standard InChI is InChI=1S/C8H8ClF2NO/c9-4-1-2-5(10)7(8(4)11)6(12)3-13/h1-2,6,13H,3,12H2/t6-/m0/s1. The van der Waals surface area contributed by atoms with Gasteiger partial charge in [0.15, 0.2) is 0 Å². The van der Waals surface area contributed by atoms with Gasteiger partial charge in [-0.15, -0.1) is 0 Å². The van der Waals surface area contributed by atoms with Crippen LogP contribution in [-0.2, 0) is 0 Å². The molecule has 0 spiro atoms. The normalized spacial score (nSPS) is 13.0. The molecular formula is C8H8ClF2NO. The molecule has 0 saturated heterocycles. The van der Waals surface area contributed by atoms with Gasteiger partial charge in [0.2, 0.25) is 0 Å². The zero-order chi connectivity index (χ0) is 10.0. The molecule has 0 bridgehead atoms. The third kappa shape index (κ3) is 1.96. The Kier molecular flexibility index (Phi) is 3.19. The average Bonchev–Trinajstić information content (AvgIpc) is 2.12. The molecule has 0 aliphatic carbocycles. The number of aliphatic hydroxyl groups is 1. The molecule has 0 aliphatic rings. The van der Waals surface area contributed by atoms with Gasteiger partial charge >= 0.3 is 0 Å². The van der Waals surface area contributed by atoms with Crippen molar-refractivity contribution in [3.63, 3.8) is 0 Å². The highest BCUT2D eigenvalue weighted by atomic mass is 35.5. The molecule has 0 saturated carbocycles. The van der Waals surface area contributed by atoms with Crippen molar-refractivity contribution in [1.29, 1.82) is 0 Å². The number of rotatable bonds is 2. The minimum absolute atomic E-state index is 0.208. The molecule has 5 heteroatoms. The highest BCUT2D eigenvalue weighted by molar-refractivity contribution is 6.30. The maximum atomic E-state index is 13.1. The Morgan fingerprint density at radius 1 is 1.46 bits per heavy atom. The second-order valence-corrected chi connectivity index (χ2v) is 2.95. The zero-order valence-electron chi connectivity index (χ0n) is 6.60. The molecule has 1 rings (SSSR count). The van der Waals surface area contributed by atoms with Gasteiger partial charge in [-0.3, -0.25) is 0 Å². The third-order valence-electron chi connectivity index (χ3n) is 1.65. The average molecular weight is 208 g/mol. The van der Waals surface area contributed by atoms with E-state index in [0.29, 0.717) is 0 Å². The van der Waals surface area contributed by atoms with Gasteiger partial charge in [0.25, 0.3) is 0 Å². The predicted molar refractivity (Wildman–Crippen MR) is 45.4 cm³/mol. The highest BCUT2D eigenvalue weighted by Gasteiger charge is 2.18. The van der Waals surface area contributed by atoms with E-state index in [4.69, 9.17) is 22.4 Å². The first-order valence-corrected chi connectivity index (χ1v) is 3.95. The van der Waals surface area contributed by atoms with Gasteiger partial charge in [0.05, 0.1) is 17.7 Å². The van der Waals surface area contributed by atoms with E-state index < -0.39 is 24.3 Å². The van der Waals surface area contributed by atoms with Crippen LogP contribution in [0, 0.1) is 11.6 Å². The zero-order valence-corrected chi connectivity index (χ0v) is 7.35. The number of halogens is 3. The van der Waals surface area contributed by atoms with E-state index in [0.717, 1.165) is 12.1 Å². The topological polar surface area (TPSA) is 46.2 Å². The maximum Gasteiger partial charge on any atom is 0.149 e. The molecule has 0 aliphatic heterocycles. The van der Waals surface area contributed by atoms with Gasteiger partial charge in [-0.2, -0.15) is 0 Å². The van der Waals surface area contributed by atoms with Crippen molar-refractivity contribution in [2.45, 2.75) is 6.04 Å². The number of benzene rings is 1. The van der Waals surface area contributed by atoms with Crippen LogP contribution in [0.1, 0.15) is 11.6 Å². The Morgan fingerprint density at radius 2 is 2.08 bits per heavy atom. The summed E-state index contributed by atoms with van der Waals surface area (Å²) in [4.78, 5) is 0. The lowest BCUT2D eigenvalue weighted by atomic mass is 10.1. The Labute approximate surface area is 78.9 Å². The van der Waals surface area contributed by atoms with Crippen molar-refractivity contribution in [3.05, 3.63) is 34.4 Å². The molecule has 0 unspecified atom stereocenters. The maximum absolute atomic E-state index is 13.1. The van der Waals surface area contributed by atoms with E-state index in [9.17, 15) is 8.78 Å². The first kappa shape index (κ1) is 10.4. The van der Waals surface area contributed by atoms with Crippen molar-refractivity contribution in [1.82, 2.24) is 0 Å². The lowest BCUT2D eigenvalue weighted by Crippen LogP contribution is -2.18. The fourth-order valence-electron chi connectivity index (χ4n) is 0.974. The van der Waals surface area contributed by atoms with E-state index in [-0.39, 0.29) is 10.6 Å². The summed E-state index contributed by atoms with van der Waals surface area (Å²) in [6.45, 7) is -0.534. The molecule has 0 aromatic heterocycles. The van der Waals surface area contributed by atoms with Gasteiger partial charge in [0.1, 0.15) is 11.6 Å². The largest absolute Gasteiger partial charge is 0.394 e. The number of nitrogens with two attached hydrogens (primary N) is 1. The molecule has 2 nitrogen and oxygen atoms in total. The molecule has 0 amide bonds. The number of hydrogen-bond acceptors (Lipinski definition) is 2. The van der Waals surface area contributed by atoms with Crippen LogP contribution < -0.4 is 5.73 Å². The highest BCUT2D eigenvalue weighted by Crippen LogP contribution is 2.24. The second kappa shape index (κ2) is 4.00. The summed E-state index contributed by atoms with van der Waals surface area (Å²) in [5, 5.41) is 8.42. The van der Waals surface area contributed by atoms with Gasteiger partial charge < -0.3 is 10.8 Å². The molecule has 3 N–H and O–H groups in total. The summed E-state index contributed by atoms with van der Waals surface area (Å²) in [6.07, 6.45) is 0. The van der Waals surface area contributed by atoms with Crippen molar-refractivity contribution >= 4 is 11.6 Å². The first-order chi connectivity index (χ1) is 6.07. The van der Waals surface area contributed by atoms with Crippen molar-refractivity contribution in [2.24, 2.45) is 5.73 Å². The van der Waals surface area contributed by atoms with E-state index in [1.54, 1.807) is 0 Å². The molecule has 0 radical (unpaired) electrons. The van der Waals surface area contributed by atoms with Crippen molar-refractivity contribution in [3.8, 4) is 0 Å². The summed E-state index contributed by atoms with van der Waals surface area (Å²) in [7, 11) is 0. The van der Waals surface area contributed by atoms with Crippen LogP contribution in [0.5, 0.6) is 0 Å². The molecule has 0 fully saturated rings. The van der Waals surface area contributed by atoms with Gasteiger partial charge in [-0.25, -0.2) is 8.78 Å². The number of hydrogen-bond donors (Lipinski definition) is 2. The van der Waals surface area contributed by atoms with E-state index >= 15 is 0 Å². The summed E-state index contributed by atoms with van der Waals surface area (Å²) in [6, 6.07) is 1.02. The Bertz CT molecular complexity index is 319. The van der Waals surface area contributed by atoms with Crippen LogP contribution in [0.4, 0.5) is 8.78 Å². The summed E-state index contributed by atoms with van der Waals surface area (Å²) < 4.78 is 26.1. The lowest BCUT2D eigenvalue weighted by Gasteiger charge is -2.11. The monoisotopic (exact) mass is 207 g/mol. The molecule has 0 heterocycles. The van der Waals surface area contributed by atoms with Crippen LogP contribution in [0.25, 0.3) is 0 Å². The Hall–Kier alpha value is -0.710. The van der Waals surface area contributed by atoms with Crippen LogP contribution in [0.15, 0.2) is 12.1 Å². The fraction of sp³-hybridized carbons (Fsp3) is 0.250. The Morgan fingerprint density at radius 3 is 2.62 bits per heavy atom. The Balaban J connectivity index is 3.25. The summed E-state index contributed by atoms with van der Waals surface area (Å²) in [5.74, 6) is -1.72. The molecule has 1 aromatic carbocycles. The molecule has 13 heavy (non-hydrogen) atoms. The first-order valence-electron chi connectivity index (χ1n) is 3.57. The third-order valence-corrected chi connectivity index (χ3v) is 1.94. The fourth-order valence-corrected chi connectivity index (χ4v) is 1.14. The van der Waals surface area contributed by atoms with E-state index in [1.807, 2.05) is 0 Å². The van der Waals surface area contributed by atoms with Crippen molar-refractivity contribution < 1.29 is 13.9 Å². The van der Waals surface area contributed by atoms with E-state index in [1.165, 1.54) is 0 Å². The molecule has 1 atom stereocenters. The van der Waals surface area contributed by atoms with Crippen LogP contribution in [0.2, 0.25) is 5.02 Å². The lowest BCUT2D eigenvalue weighted by molar-refractivity contribution is 0.262. The van der Waals surface area contributed by atoms with Crippen LogP contribution >= 0.6 is 11.6 Å². The minimum atomic E-state index is -1.08. The smallest absolute Gasteiger partial charge is 0.149 e.